The molecule has 0 heterocycles. The molecule has 3 heteroatoms. The maximum absolute atomic E-state index is 12.1. The van der Waals surface area contributed by atoms with E-state index < -0.39 is 11.8 Å². The predicted molar refractivity (Wildman–Crippen MR) is 62.0 cm³/mol. The van der Waals surface area contributed by atoms with Gasteiger partial charge < -0.3 is 0 Å². The molecule has 1 aromatic carbocycles. The largest absolute Gasteiger partial charge is 0.289 e. The van der Waals surface area contributed by atoms with Gasteiger partial charge in [-0.1, -0.05) is 30.3 Å². The summed E-state index contributed by atoms with van der Waals surface area (Å²) in [6.07, 6.45) is 1.70. The van der Waals surface area contributed by atoms with Crippen LogP contribution in [0.3, 0.4) is 0 Å². The Morgan fingerprint density at radius 1 is 1.29 bits per heavy atom. The molecule has 0 saturated heterocycles. The molecule has 2 rings (SSSR count). The number of benzene rings is 1. The number of hydrogen-bond acceptors (Lipinski definition) is 3. The van der Waals surface area contributed by atoms with E-state index in [2.05, 4.69) is 0 Å². The van der Waals surface area contributed by atoms with Crippen molar-refractivity contribution in [3.8, 4) is 12.1 Å². The van der Waals surface area contributed by atoms with Crippen molar-refractivity contribution in [2.75, 3.05) is 0 Å². The maximum Gasteiger partial charge on any atom is 0.189 e. The van der Waals surface area contributed by atoms with E-state index in [0.29, 0.717) is 11.1 Å². The Morgan fingerprint density at radius 2 is 1.94 bits per heavy atom. The topological polar surface area (TPSA) is 64.7 Å². The second-order valence-corrected chi connectivity index (χ2v) is 3.87. The van der Waals surface area contributed by atoms with Crippen molar-refractivity contribution >= 4 is 5.78 Å². The van der Waals surface area contributed by atoms with E-state index in [1.807, 2.05) is 24.3 Å². The van der Waals surface area contributed by atoms with Crippen LogP contribution in [-0.2, 0) is 0 Å². The summed E-state index contributed by atoms with van der Waals surface area (Å²) < 4.78 is 0. The van der Waals surface area contributed by atoms with Crippen LogP contribution in [0.5, 0.6) is 0 Å². The number of carbonyl (C=O) groups is 1. The maximum atomic E-state index is 12.1. The second kappa shape index (κ2) is 4.23. The number of ketones is 1. The molecule has 1 aromatic rings. The van der Waals surface area contributed by atoms with Crippen LogP contribution in [0, 0.1) is 28.6 Å². The minimum absolute atomic E-state index is 0.0661. The Kier molecular flexibility index (Phi) is 2.77. The highest BCUT2D eigenvalue weighted by molar-refractivity contribution is 6.14. The average Bonchev–Trinajstić information content (AvgIpc) is 2.65. The predicted octanol–water partition coefficient (Wildman–Crippen LogP) is 2.58. The Hall–Kier alpha value is -2.39. The fourth-order valence-corrected chi connectivity index (χ4v) is 2.29. The summed E-state index contributed by atoms with van der Waals surface area (Å²) in [6, 6.07) is 11.1. The summed E-state index contributed by atoms with van der Waals surface area (Å²) >= 11 is 0. The first-order valence-electron chi connectivity index (χ1n) is 5.33. The van der Waals surface area contributed by atoms with Crippen LogP contribution in [0.4, 0.5) is 0 Å². The van der Waals surface area contributed by atoms with Crippen LogP contribution in [0.15, 0.2) is 35.9 Å². The molecule has 82 valence electrons. The molecule has 0 aromatic heterocycles. The third-order valence-electron chi connectivity index (χ3n) is 3.06. The van der Waals surface area contributed by atoms with Gasteiger partial charge in [0.25, 0.3) is 0 Å². The number of nitrogens with zero attached hydrogens (tertiary/aromatic N) is 2. The molecule has 0 aliphatic heterocycles. The van der Waals surface area contributed by atoms with Crippen molar-refractivity contribution in [1.82, 2.24) is 0 Å². The van der Waals surface area contributed by atoms with Gasteiger partial charge >= 0.3 is 0 Å². The smallest absolute Gasteiger partial charge is 0.189 e. The van der Waals surface area contributed by atoms with E-state index in [-0.39, 0.29) is 5.78 Å². The summed E-state index contributed by atoms with van der Waals surface area (Å²) in [7, 11) is 0. The molecular weight excluding hydrogens is 212 g/mol. The number of fused-ring (bicyclic) bond motifs is 1. The van der Waals surface area contributed by atoms with Crippen molar-refractivity contribution in [2.45, 2.75) is 12.8 Å². The van der Waals surface area contributed by atoms with E-state index in [1.54, 1.807) is 25.1 Å². The van der Waals surface area contributed by atoms with Crippen LogP contribution in [-0.4, -0.2) is 5.78 Å². The third kappa shape index (κ3) is 1.53. The summed E-state index contributed by atoms with van der Waals surface area (Å²) in [6.45, 7) is 1.76. The number of allylic oxidation sites excluding steroid dienone is 2. The van der Waals surface area contributed by atoms with Crippen LogP contribution >= 0.6 is 0 Å². The first kappa shape index (κ1) is 11.1. The van der Waals surface area contributed by atoms with Gasteiger partial charge in [-0.25, -0.2) is 0 Å². The highest BCUT2D eigenvalue weighted by atomic mass is 16.1. The van der Waals surface area contributed by atoms with Gasteiger partial charge in [-0.05, 0) is 12.5 Å². The molecule has 0 spiro atoms. The zero-order valence-electron chi connectivity index (χ0n) is 9.34. The van der Waals surface area contributed by atoms with Gasteiger partial charge in [0.2, 0.25) is 0 Å². The Labute approximate surface area is 99.6 Å². The van der Waals surface area contributed by atoms with Gasteiger partial charge in [-0.15, -0.1) is 0 Å². The lowest BCUT2D eigenvalue weighted by molar-refractivity contribution is 0.103. The standard InChI is InChI=1S/C14H10N2O/c1-2-10-13(9(7-15)8-16)11-5-3-4-6-12(11)14(10)17/h2-6,9,13H,1H3/b10-2-. The van der Waals surface area contributed by atoms with Gasteiger partial charge in [-0.2, -0.15) is 10.5 Å². The minimum Gasteiger partial charge on any atom is -0.289 e. The summed E-state index contributed by atoms with van der Waals surface area (Å²) in [5, 5.41) is 18.0. The molecule has 0 radical (unpaired) electrons. The number of rotatable bonds is 1. The second-order valence-electron chi connectivity index (χ2n) is 3.87. The first-order valence-corrected chi connectivity index (χ1v) is 5.33. The molecule has 1 atom stereocenters. The molecule has 3 nitrogen and oxygen atoms in total. The van der Waals surface area contributed by atoms with Crippen LogP contribution in [0.1, 0.15) is 28.8 Å². The number of nitriles is 2. The lowest BCUT2D eigenvalue weighted by Crippen LogP contribution is -2.09. The van der Waals surface area contributed by atoms with Crippen molar-refractivity contribution < 1.29 is 4.79 Å². The summed E-state index contributed by atoms with van der Waals surface area (Å²) in [5.41, 5.74) is 1.96. The fourth-order valence-electron chi connectivity index (χ4n) is 2.29. The van der Waals surface area contributed by atoms with E-state index in [0.717, 1.165) is 5.56 Å². The quantitative estimate of drug-likeness (QED) is 0.686. The van der Waals surface area contributed by atoms with Crippen molar-refractivity contribution in [3.63, 3.8) is 0 Å². The monoisotopic (exact) mass is 222 g/mol. The molecule has 0 N–H and O–H groups in total. The van der Waals surface area contributed by atoms with Gasteiger partial charge in [0, 0.05) is 17.1 Å². The SMILES string of the molecule is C/C=C1\C(=O)c2ccccc2C1C(C#N)C#N. The van der Waals surface area contributed by atoms with Gasteiger partial charge in [0.15, 0.2) is 5.78 Å². The molecule has 0 bridgehead atoms. The molecule has 0 saturated carbocycles. The normalized spacial score (nSPS) is 20.1. The molecule has 0 fully saturated rings. The molecule has 1 aliphatic carbocycles. The van der Waals surface area contributed by atoms with Crippen molar-refractivity contribution in [3.05, 3.63) is 47.0 Å². The summed E-state index contributed by atoms with van der Waals surface area (Å²) in [5.74, 6) is -1.28. The Balaban J connectivity index is 2.64. The fraction of sp³-hybridized carbons (Fsp3) is 0.214. The average molecular weight is 222 g/mol. The molecule has 17 heavy (non-hydrogen) atoms. The van der Waals surface area contributed by atoms with Gasteiger partial charge in [0.1, 0.15) is 5.92 Å². The third-order valence-corrected chi connectivity index (χ3v) is 3.06. The van der Waals surface area contributed by atoms with E-state index in [4.69, 9.17) is 10.5 Å². The number of hydrogen-bond donors (Lipinski definition) is 0. The van der Waals surface area contributed by atoms with E-state index in [1.165, 1.54) is 0 Å². The number of Topliss-reactive ketones (excluding diaryl/α,β-unsaturated/α-hetero) is 1. The highest BCUT2D eigenvalue weighted by Gasteiger charge is 2.38. The van der Waals surface area contributed by atoms with Gasteiger partial charge in [-0.3, -0.25) is 4.79 Å². The summed E-state index contributed by atoms with van der Waals surface area (Å²) in [4.78, 5) is 12.1. The van der Waals surface area contributed by atoms with Crippen LogP contribution in [0.25, 0.3) is 0 Å². The van der Waals surface area contributed by atoms with Crippen molar-refractivity contribution in [1.29, 1.82) is 10.5 Å². The van der Waals surface area contributed by atoms with Gasteiger partial charge in [0.05, 0.1) is 12.1 Å². The molecule has 1 unspecified atom stereocenters. The molecule has 1 aliphatic rings. The van der Waals surface area contributed by atoms with E-state index in [9.17, 15) is 4.79 Å². The molecule has 0 amide bonds. The Morgan fingerprint density at radius 3 is 2.53 bits per heavy atom. The van der Waals surface area contributed by atoms with E-state index >= 15 is 0 Å². The molecular formula is C14H10N2O. The lowest BCUT2D eigenvalue weighted by Gasteiger charge is -2.12. The Bertz CT molecular complexity index is 573. The van der Waals surface area contributed by atoms with Crippen LogP contribution < -0.4 is 0 Å². The lowest BCUT2D eigenvalue weighted by atomic mass is 9.86. The van der Waals surface area contributed by atoms with Crippen LogP contribution in [0.2, 0.25) is 0 Å². The zero-order valence-corrected chi connectivity index (χ0v) is 9.34. The number of carbonyl (C=O) groups excluding carboxylic acids is 1. The zero-order chi connectivity index (χ0) is 12.4. The minimum atomic E-state index is -0.811. The highest BCUT2D eigenvalue weighted by Crippen LogP contribution is 2.41. The first-order chi connectivity index (χ1) is 8.24. The van der Waals surface area contributed by atoms with Crippen molar-refractivity contribution in [2.24, 2.45) is 5.92 Å².